The summed E-state index contributed by atoms with van der Waals surface area (Å²) in [6, 6.07) is -0.127. The second-order valence-electron chi connectivity index (χ2n) is 14.2. The van der Waals surface area contributed by atoms with Gasteiger partial charge in [-0.1, -0.05) is 20.8 Å². The number of aliphatic hydroxyl groups excluding tert-OH is 2. The maximum absolute atomic E-state index is 13.3. The zero-order valence-corrected chi connectivity index (χ0v) is 23.0. The number of hydrogen-bond donors (Lipinski definition) is 3. The maximum Gasteiger partial charge on any atom is 0.521 e. The van der Waals surface area contributed by atoms with Gasteiger partial charge in [0.25, 0.3) is 0 Å². The van der Waals surface area contributed by atoms with Crippen LogP contribution in [0.2, 0.25) is 0 Å². The standard InChI is InChI=1S/C30H49NO5/c1-18(7-10-27(34)31(28(35)36)15-5-6-19(31)2)22-8-9-23-21-17-26(33)25-16-20(32)11-13-30(25,4)24(21)12-14-29(22,23)3/h18-26,32-33H,5-17H2,1-4H3/p+1/t18-,19-,20-,21?,22-,23?,24?,25+,26+,29-,30-,31?/m1/s1. The van der Waals surface area contributed by atoms with Gasteiger partial charge in [-0.05, 0) is 111 Å². The summed E-state index contributed by atoms with van der Waals surface area (Å²) in [7, 11) is 0. The fraction of sp³-hybridized carbons (Fsp3) is 0.933. The van der Waals surface area contributed by atoms with Gasteiger partial charge in [-0.25, -0.2) is 4.79 Å². The molecule has 1 saturated heterocycles. The summed E-state index contributed by atoms with van der Waals surface area (Å²) in [6.07, 6.45) is 9.59. The van der Waals surface area contributed by atoms with E-state index in [-0.39, 0.29) is 45.4 Å². The summed E-state index contributed by atoms with van der Waals surface area (Å²) < 4.78 is -0.368. The lowest BCUT2D eigenvalue weighted by molar-refractivity contribution is -0.792. The fourth-order valence-corrected chi connectivity index (χ4v) is 10.8. The van der Waals surface area contributed by atoms with Crippen molar-refractivity contribution in [3.8, 4) is 0 Å². The number of rotatable bonds is 4. The topological polar surface area (TPSA) is 94.8 Å². The third-order valence-corrected chi connectivity index (χ3v) is 12.9. The SMILES string of the molecule is C[C@H](CCC(=O)[N+]1(C(=O)O)CCC[C@H]1C)[C@H]1CCC2C3C[C@H](O)[C@@H]4C[C@H](O)CC[C@]4(C)C3CC[C@@]21C. The highest BCUT2D eigenvalue weighted by Crippen LogP contribution is 2.68. The highest BCUT2D eigenvalue weighted by Gasteiger charge is 2.62. The summed E-state index contributed by atoms with van der Waals surface area (Å²) >= 11 is 0. The molecule has 6 nitrogen and oxygen atoms in total. The summed E-state index contributed by atoms with van der Waals surface area (Å²) in [5, 5.41) is 31.5. The average molecular weight is 505 g/mol. The van der Waals surface area contributed by atoms with E-state index in [4.69, 9.17) is 0 Å². The molecule has 0 radical (unpaired) electrons. The summed E-state index contributed by atoms with van der Waals surface area (Å²) in [6.45, 7) is 9.55. The van der Waals surface area contributed by atoms with Crippen molar-refractivity contribution in [3.63, 3.8) is 0 Å². The van der Waals surface area contributed by atoms with Crippen LogP contribution in [0.4, 0.5) is 4.79 Å². The Balaban J connectivity index is 1.28. The highest BCUT2D eigenvalue weighted by atomic mass is 16.4. The van der Waals surface area contributed by atoms with Gasteiger partial charge in [0, 0.05) is 12.8 Å². The van der Waals surface area contributed by atoms with Crippen molar-refractivity contribution in [3.05, 3.63) is 0 Å². The van der Waals surface area contributed by atoms with Crippen molar-refractivity contribution in [2.45, 2.75) is 123 Å². The molecule has 3 N–H and O–H groups in total. The van der Waals surface area contributed by atoms with Crippen molar-refractivity contribution < 1.29 is 29.4 Å². The molecule has 0 spiro atoms. The van der Waals surface area contributed by atoms with Crippen LogP contribution < -0.4 is 0 Å². The lowest BCUT2D eigenvalue weighted by atomic mass is 9.44. The summed E-state index contributed by atoms with van der Waals surface area (Å²) in [4.78, 5) is 25.4. The number of carbonyl (C=O) groups excluding carboxylic acids is 1. The molecule has 5 aliphatic rings. The largest absolute Gasteiger partial charge is 0.521 e. The predicted molar refractivity (Wildman–Crippen MR) is 138 cm³/mol. The lowest BCUT2D eigenvalue weighted by Gasteiger charge is -2.62. The number of hydrogen-bond acceptors (Lipinski definition) is 4. The molecule has 4 aliphatic carbocycles. The molecule has 4 unspecified atom stereocenters. The Labute approximate surface area is 217 Å². The van der Waals surface area contributed by atoms with E-state index in [1.54, 1.807) is 0 Å². The van der Waals surface area contributed by atoms with Gasteiger partial charge in [0.15, 0.2) is 0 Å². The van der Waals surface area contributed by atoms with Crippen molar-refractivity contribution in [2.75, 3.05) is 6.54 Å². The van der Waals surface area contributed by atoms with Crippen LogP contribution >= 0.6 is 0 Å². The van der Waals surface area contributed by atoms with Crippen LogP contribution in [-0.2, 0) is 4.79 Å². The number of imide groups is 1. The number of carboxylic acid groups (broad SMARTS) is 1. The van der Waals surface area contributed by atoms with Gasteiger partial charge in [-0.2, -0.15) is 9.28 Å². The molecule has 0 aromatic rings. The number of fused-ring (bicyclic) bond motifs is 5. The third kappa shape index (κ3) is 3.83. The minimum Gasteiger partial charge on any atom is -0.435 e. The van der Waals surface area contributed by atoms with E-state index in [1.807, 2.05) is 6.92 Å². The van der Waals surface area contributed by atoms with E-state index in [2.05, 4.69) is 20.8 Å². The molecule has 204 valence electrons. The first kappa shape index (κ1) is 26.6. The minimum atomic E-state index is -0.971. The number of nitrogens with zero attached hydrogens (tertiary/aromatic N) is 1. The Morgan fingerprint density at radius 2 is 1.64 bits per heavy atom. The van der Waals surface area contributed by atoms with Crippen molar-refractivity contribution >= 4 is 12.0 Å². The van der Waals surface area contributed by atoms with Gasteiger partial charge in [0.2, 0.25) is 0 Å². The zero-order chi connectivity index (χ0) is 26.0. The molecular weight excluding hydrogens is 454 g/mol. The number of carbonyl (C=O) groups is 2. The van der Waals surface area contributed by atoms with Crippen molar-refractivity contribution in [1.82, 2.24) is 0 Å². The number of amides is 2. The first-order valence-electron chi connectivity index (χ1n) is 15.0. The minimum absolute atomic E-state index is 0.100. The molecule has 6 heteroatoms. The van der Waals surface area contributed by atoms with Gasteiger partial charge >= 0.3 is 12.0 Å². The molecule has 0 aromatic carbocycles. The van der Waals surface area contributed by atoms with Crippen LogP contribution in [0.25, 0.3) is 0 Å². The zero-order valence-electron chi connectivity index (χ0n) is 23.0. The molecule has 1 heterocycles. The molecule has 36 heavy (non-hydrogen) atoms. The van der Waals surface area contributed by atoms with Crippen LogP contribution in [0, 0.1) is 46.3 Å². The first-order valence-corrected chi connectivity index (χ1v) is 15.0. The second kappa shape index (κ2) is 9.34. The Bertz CT molecular complexity index is 877. The maximum atomic E-state index is 13.3. The molecule has 1 aliphatic heterocycles. The molecule has 4 saturated carbocycles. The predicted octanol–water partition coefficient (Wildman–Crippen LogP) is 5.60. The van der Waals surface area contributed by atoms with Gasteiger partial charge in [-0.3, -0.25) is 0 Å². The van der Waals surface area contributed by atoms with Crippen molar-refractivity contribution in [2.24, 2.45) is 46.3 Å². The van der Waals surface area contributed by atoms with E-state index in [1.165, 1.54) is 25.7 Å². The fourth-order valence-electron chi connectivity index (χ4n) is 10.8. The Kier molecular flexibility index (Phi) is 6.91. The van der Waals surface area contributed by atoms with Crippen LogP contribution in [0.5, 0.6) is 0 Å². The van der Waals surface area contributed by atoms with E-state index in [9.17, 15) is 24.9 Å². The molecule has 0 aromatic heterocycles. The van der Waals surface area contributed by atoms with E-state index < -0.39 is 6.09 Å². The first-order chi connectivity index (χ1) is 16.9. The van der Waals surface area contributed by atoms with Gasteiger partial charge in [0.1, 0.15) is 6.04 Å². The molecule has 0 bridgehead atoms. The van der Waals surface area contributed by atoms with Crippen LogP contribution in [0.15, 0.2) is 0 Å². The lowest BCUT2D eigenvalue weighted by Crippen LogP contribution is -2.58. The van der Waals surface area contributed by atoms with Crippen LogP contribution in [0.1, 0.15) is 105 Å². The Morgan fingerprint density at radius 3 is 2.31 bits per heavy atom. The Hall–Kier alpha value is -0.980. The van der Waals surface area contributed by atoms with Crippen LogP contribution in [-0.4, -0.2) is 56.6 Å². The smallest absolute Gasteiger partial charge is 0.435 e. The van der Waals surface area contributed by atoms with Gasteiger partial charge in [0.05, 0.1) is 25.2 Å². The second-order valence-corrected chi connectivity index (χ2v) is 14.2. The molecule has 5 fully saturated rings. The molecule has 2 amide bonds. The van der Waals surface area contributed by atoms with E-state index in [0.717, 1.165) is 44.9 Å². The number of aliphatic hydroxyl groups is 2. The summed E-state index contributed by atoms with van der Waals surface area (Å²) in [5.41, 5.74) is 0.376. The Morgan fingerprint density at radius 1 is 0.944 bits per heavy atom. The quantitative estimate of drug-likeness (QED) is 0.434. The number of quaternary nitrogens is 1. The van der Waals surface area contributed by atoms with Gasteiger partial charge in [-0.15, -0.1) is 0 Å². The van der Waals surface area contributed by atoms with E-state index in [0.29, 0.717) is 42.6 Å². The average Bonchev–Trinajstić information content (AvgIpc) is 3.39. The normalized spacial score (nSPS) is 51.2. The van der Waals surface area contributed by atoms with E-state index >= 15 is 0 Å². The molecular formula is C30H50NO5+. The monoisotopic (exact) mass is 504 g/mol. The van der Waals surface area contributed by atoms with Crippen molar-refractivity contribution in [1.29, 1.82) is 0 Å². The molecule has 12 atom stereocenters. The number of likely N-dealkylation sites (tertiary alicyclic amines) is 1. The highest BCUT2D eigenvalue weighted by molar-refractivity contribution is 5.80. The molecule has 5 rings (SSSR count). The summed E-state index contributed by atoms with van der Waals surface area (Å²) in [5.74, 6) is 2.90. The van der Waals surface area contributed by atoms with Gasteiger partial charge < -0.3 is 15.3 Å². The van der Waals surface area contributed by atoms with Crippen LogP contribution in [0.3, 0.4) is 0 Å². The third-order valence-electron chi connectivity index (χ3n) is 12.9.